The predicted octanol–water partition coefficient (Wildman–Crippen LogP) is 2.52. The largest absolute Gasteiger partial charge is 0.358 e. The van der Waals surface area contributed by atoms with Crippen LogP contribution in [0.3, 0.4) is 0 Å². The summed E-state index contributed by atoms with van der Waals surface area (Å²) in [6, 6.07) is 13.9. The molecule has 33 heavy (non-hydrogen) atoms. The second-order valence-electron chi connectivity index (χ2n) is 8.77. The van der Waals surface area contributed by atoms with E-state index in [-0.39, 0.29) is 35.3 Å². The molecule has 2 amide bonds. The monoisotopic (exact) mass is 470 g/mol. The molecule has 2 aliphatic rings. The predicted molar refractivity (Wildman–Crippen MR) is 128 cm³/mol. The summed E-state index contributed by atoms with van der Waals surface area (Å²) in [6.45, 7) is 2.46. The Hall–Kier alpha value is -2.91. The normalized spacial score (nSPS) is 19.2. The molecule has 176 valence electrons. The van der Waals surface area contributed by atoms with Crippen molar-refractivity contribution in [3.63, 3.8) is 0 Å². The zero-order valence-corrected chi connectivity index (χ0v) is 20.0. The molecule has 1 N–H and O–H groups in total. The van der Waals surface area contributed by atoms with Crippen LogP contribution in [0, 0.1) is 0 Å². The van der Waals surface area contributed by atoms with E-state index in [0.29, 0.717) is 12.1 Å². The van der Waals surface area contributed by atoms with Gasteiger partial charge in [0.2, 0.25) is 21.8 Å². The van der Waals surface area contributed by atoms with E-state index in [4.69, 9.17) is 0 Å². The van der Waals surface area contributed by atoms with Crippen LogP contribution < -0.4 is 15.1 Å². The quantitative estimate of drug-likeness (QED) is 0.701. The third-order valence-corrected chi connectivity index (χ3v) is 8.17. The highest BCUT2D eigenvalue weighted by molar-refractivity contribution is 7.89. The number of nitrogens with zero attached hydrogens (tertiary/aromatic N) is 3. The molecule has 8 nitrogen and oxygen atoms in total. The minimum atomic E-state index is -3.69. The number of rotatable bonds is 6. The fraction of sp³-hybridized carbons (Fsp3) is 0.417. The highest BCUT2D eigenvalue weighted by atomic mass is 32.2. The summed E-state index contributed by atoms with van der Waals surface area (Å²) in [7, 11) is -0.750. The molecule has 1 saturated heterocycles. The van der Waals surface area contributed by atoms with E-state index in [2.05, 4.69) is 5.32 Å². The van der Waals surface area contributed by atoms with Gasteiger partial charge in [0.25, 0.3) is 0 Å². The lowest BCUT2D eigenvalue weighted by Crippen LogP contribution is -2.57. The Morgan fingerprint density at radius 3 is 2.55 bits per heavy atom. The van der Waals surface area contributed by atoms with Gasteiger partial charge in [-0.05, 0) is 49.9 Å². The van der Waals surface area contributed by atoms with Crippen LogP contribution in [-0.2, 0) is 19.6 Å². The topological polar surface area (TPSA) is 90.0 Å². The third-order valence-electron chi connectivity index (χ3n) is 6.36. The fourth-order valence-corrected chi connectivity index (χ4v) is 5.45. The molecular formula is C24H30N4O4S. The molecule has 0 aromatic heterocycles. The van der Waals surface area contributed by atoms with Crippen LogP contribution in [0.15, 0.2) is 53.4 Å². The Morgan fingerprint density at radius 2 is 1.85 bits per heavy atom. The Morgan fingerprint density at radius 1 is 1.12 bits per heavy atom. The lowest BCUT2D eigenvalue weighted by atomic mass is 9.96. The van der Waals surface area contributed by atoms with Gasteiger partial charge in [-0.1, -0.05) is 30.3 Å². The Balaban J connectivity index is 1.67. The molecule has 0 aliphatic carbocycles. The first-order valence-corrected chi connectivity index (χ1v) is 12.6. The van der Waals surface area contributed by atoms with Crippen molar-refractivity contribution in [1.82, 2.24) is 9.62 Å². The van der Waals surface area contributed by atoms with E-state index in [0.717, 1.165) is 34.9 Å². The van der Waals surface area contributed by atoms with Gasteiger partial charge in [-0.2, -0.15) is 0 Å². The molecule has 2 atom stereocenters. The number of benzene rings is 2. The summed E-state index contributed by atoms with van der Waals surface area (Å²) in [5, 5.41) is 2.96. The molecule has 0 spiro atoms. The van der Waals surface area contributed by atoms with E-state index in [1.165, 1.54) is 25.1 Å². The maximum absolute atomic E-state index is 13.5. The lowest BCUT2D eigenvalue weighted by Gasteiger charge is -2.45. The molecule has 2 aliphatic heterocycles. The van der Waals surface area contributed by atoms with Gasteiger partial charge < -0.3 is 10.2 Å². The van der Waals surface area contributed by atoms with Crippen molar-refractivity contribution < 1.29 is 18.0 Å². The summed E-state index contributed by atoms with van der Waals surface area (Å²) in [5.74, 6) is -0.458. The van der Waals surface area contributed by atoms with Gasteiger partial charge in [-0.15, -0.1) is 0 Å². The Bertz CT molecular complexity index is 1150. The van der Waals surface area contributed by atoms with Crippen LogP contribution in [0.4, 0.5) is 11.4 Å². The van der Waals surface area contributed by atoms with Crippen molar-refractivity contribution in [2.75, 3.05) is 37.0 Å². The smallest absolute Gasteiger partial charge is 0.250 e. The van der Waals surface area contributed by atoms with Gasteiger partial charge in [0.05, 0.1) is 22.3 Å². The van der Waals surface area contributed by atoms with Gasteiger partial charge in [0, 0.05) is 20.6 Å². The Kier molecular flexibility index (Phi) is 6.45. The summed E-state index contributed by atoms with van der Waals surface area (Å²) in [6.07, 6.45) is 2.63. The van der Waals surface area contributed by atoms with Crippen molar-refractivity contribution >= 4 is 33.2 Å². The molecule has 2 aromatic carbocycles. The van der Waals surface area contributed by atoms with Gasteiger partial charge in [0.15, 0.2) is 0 Å². The highest BCUT2D eigenvalue weighted by Gasteiger charge is 2.40. The average molecular weight is 471 g/mol. The number of piperidine rings is 1. The maximum atomic E-state index is 13.5. The summed E-state index contributed by atoms with van der Waals surface area (Å²) >= 11 is 0. The van der Waals surface area contributed by atoms with Gasteiger partial charge in [-0.25, -0.2) is 12.7 Å². The standard InChI is InChI=1S/C24H30N4O4S/c1-17(18-9-5-4-6-10-18)25-23(29)16-28-22-15-19(33(31,32)26(2)3)12-13-20(22)27-14-8-7-11-21(27)24(28)30/h4-6,9-10,12-13,15,17,21H,7-8,11,14,16H2,1-3H3,(H,25,29)/t17-,21+/m1/s1. The summed E-state index contributed by atoms with van der Waals surface area (Å²) in [5.41, 5.74) is 2.22. The first-order chi connectivity index (χ1) is 15.7. The Labute approximate surface area is 195 Å². The zero-order valence-electron chi connectivity index (χ0n) is 19.2. The molecule has 0 unspecified atom stereocenters. The second-order valence-corrected chi connectivity index (χ2v) is 10.9. The van der Waals surface area contributed by atoms with Crippen molar-refractivity contribution in [3.05, 3.63) is 54.1 Å². The van der Waals surface area contributed by atoms with E-state index in [9.17, 15) is 18.0 Å². The van der Waals surface area contributed by atoms with E-state index < -0.39 is 10.0 Å². The number of fused-ring (bicyclic) bond motifs is 3. The molecule has 4 rings (SSSR count). The van der Waals surface area contributed by atoms with Gasteiger partial charge in [0.1, 0.15) is 12.6 Å². The van der Waals surface area contributed by atoms with Gasteiger partial charge >= 0.3 is 0 Å². The van der Waals surface area contributed by atoms with E-state index in [1.807, 2.05) is 42.2 Å². The van der Waals surface area contributed by atoms with Crippen molar-refractivity contribution in [2.45, 2.75) is 43.2 Å². The van der Waals surface area contributed by atoms with Crippen LogP contribution in [-0.4, -0.2) is 57.8 Å². The van der Waals surface area contributed by atoms with Crippen molar-refractivity contribution in [3.8, 4) is 0 Å². The van der Waals surface area contributed by atoms with Crippen LogP contribution in [0.2, 0.25) is 0 Å². The number of carbonyl (C=O) groups is 2. The van der Waals surface area contributed by atoms with Crippen molar-refractivity contribution in [2.24, 2.45) is 0 Å². The first kappa shape index (κ1) is 23.3. The summed E-state index contributed by atoms with van der Waals surface area (Å²) < 4.78 is 26.6. The molecule has 0 saturated carbocycles. The zero-order chi connectivity index (χ0) is 23.8. The lowest BCUT2D eigenvalue weighted by molar-refractivity contribution is -0.125. The van der Waals surface area contributed by atoms with Crippen LogP contribution in [0.25, 0.3) is 0 Å². The number of hydrogen-bond acceptors (Lipinski definition) is 5. The molecule has 1 fully saturated rings. The second kappa shape index (κ2) is 9.15. The van der Waals surface area contributed by atoms with Crippen molar-refractivity contribution in [1.29, 1.82) is 0 Å². The maximum Gasteiger partial charge on any atom is 0.250 e. The first-order valence-electron chi connectivity index (χ1n) is 11.2. The number of anilines is 2. The number of sulfonamides is 1. The molecular weight excluding hydrogens is 440 g/mol. The van der Waals surface area contributed by atoms with Gasteiger partial charge in [-0.3, -0.25) is 14.5 Å². The van der Waals surface area contributed by atoms with Crippen LogP contribution in [0.1, 0.15) is 37.8 Å². The number of amides is 2. The minimum Gasteiger partial charge on any atom is -0.358 e. The van der Waals surface area contributed by atoms with Crippen LogP contribution in [0.5, 0.6) is 0 Å². The fourth-order valence-electron chi connectivity index (χ4n) is 4.53. The van der Waals surface area contributed by atoms with E-state index >= 15 is 0 Å². The molecule has 0 radical (unpaired) electrons. The minimum absolute atomic E-state index is 0.0950. The third kappa shape index (κ3) is 4.47. The van der Waals surface area contributed by atoms with Crippen LogP contribution >= 0.6 is 0 Å². The number of hydrogen-bond donors (Lipinski definition) is 1. The SMILES string of the molecule is C[C@@H](NC(=O)CN1C(=O)[C@@H]2CCCCN2c2ccc(S(=O)(=O)N(C)C)cc21)c1ccccc1. The molecule has 0 bridgehead atoms. The number of carbonyl (C=O) groups excluding carboxylic acids is 2. The van der Waals surface area contributed by atoms with E-state index in [1.54, 1.807) is 12.1 Å². The average Bonchev–Trinajstić information content (AvgIpc) is 2.81. The highest BCUT2D eigenvalue weighted by Crippen LogP contribution is 2.40. The molecule has 9 heteroatoms. The molecule has 2 heterocycles. The molecule has 2 aromatic rings. The number of nitrogens with one attached hydrogen (secondary N) is 1. The summed E-state index contributed by atoms with van der Waals surface area (Å²) in [4.78, 5) is 30.0.